The summed E-state index contributed by atoms with van der Waals surface area (Å²) in [6.45, 7) is 10.8. The maximum atomic E-state index is 4.08. The molecule has 0 fully saturated rings. The van der Waals surface area contributed by atoms with E-state index in [1.54, 1.807) is 0 Å². The molecule has 0 aliphatic carbocycles. The third-order valence-electron chi connectivity index (χ3n) is 2.19. The maximum Gasteiger partial charge on any atom is 0.0372 e. The first-order valence-electron chi connectivity index (χ1n) is 6.30. The molecule has 0 aromatic carbocycles. The highest BCUT2D eigenvalue weighted by Gasteiger charge is 1.81. The van der Waals surface area contributed by atoms with E-state index in [0.717, 1.165) is 5.69 Å². The predicted molar refractivity (Wildman–Crippen MR) is 71.8 cm³/mol. The van der Waals surface area contributed by atoms with Crippen LogP contribution in [0, 0.1) is 13.8 Å². The van der Waals surface area contributed by atoms with Crippen LogP contribution in [-0.2, 0) is 0 Å². The lowest BCUT2D eigenvalue weighted by atomic mass is 10.3. The molecule has 0 saturated carbocycles. The number of aromatic nitrogens is 1. The van der Waals surface area contributed by atoms with E-state index in [0.29, 0.717) is 0 Å². The van der Waals surface area contributed by atoms with Crippen molar-refractivity contribution in [2.45, 2.75) is 47.0 Å². The largest absolute Gasteiger partial charge is 0.317 e. The average molecular weight is 222 g/mol. The lowest BCUT2D eigenvalue weighted by Crippen LogP contribution is -2.15. The second-order valence-corrected chi connectivity index (χ2v) is 4.08. The smallest absolute Gasteiger partial charge is 0.0372 e. The molecule has 1 aromatic rings. The summed E-state index contributed by atoms with van der Waals surface area (Å²) in [4.78, 5) is 4.08. The van der Waals surface area contributed by atoms with E-state index in [4.69, 9.17) is 0 Å². The topological polar surface area (TPSA) is 24.9 Å². The van der Waals surface area contributed by atoms with Gasteiger partial charge in [-0.15, -0.1) is 0 Å². The van der Waals surface area contributed by atoms with Gasteiger partial charge in [-0.05, 0) is 51.4 Å². The van der Waals surface area contributed by atoms with Crippen molar-refractivity contribution < 1.29 is 0 Å². The van der Waals surface area contributed by atoms with Crippen LogP contribution in [0.25, 0.3) is 0 Å². The number of hydrogen-bond donors (Lipinski definition) is 1. The van der Waals surface area contributed by atoms with E-state index < -0.39 is 0 Å². The van der Waals surface area contributed by atoms with Crippen molar-refractivity contribution in [1.29, 1.82) is 0 Å². The predicted octanol–water partition coefficient (Wildman–Crippen LogP) is 3.48. The lowest BCUT2D eigenvalue weighted by molar-refractivity contribution is 0.633. The standard InChI is InChI=1S/C7H9N.C7H17N/c1-6-3-4-7(2)8-5-6;1-3-5-7-8-6-4-2/h3-5H,1-2H3;8H,3-7H2,1-2H3. The van der Waals surface area contributed by atoms with Crippen molar-refractivity contribution in [1.82, 2.24) is 10.3 Å². The molecular formula is C14H26N2. The molecule has 16 heavy (non-hydrogen) atoms. The van der Waals surface area contributed by atoms with Gasteiger partial charge >= 0.3 is 0 Å². The Morgan fingerprint density at radius 3 is 2.25 bits per heavy atom. The first kappa shape index (κ1) is 15.1. The Labute approximate surface area is 100 Å². The molecule has 0 atom stereocenters. The van der Waals surface area contributed by atoms with Gasteiger partial charge in [-0.1, -0.05) is 26.3 Å². The molecule has 0 saturated heterocycles. The Morgan fingerprint density at radius 1 is 1.06 bits per heavy atom. The maximum absolute atomic E-state index is 4.08. The van der Waals surface area contributed by atoms with Crippen LogP contribution >= 0.6 is 0 Å². The first-order valence-corrected chi connectivity index (χ1v) is 6.30. The van der Waals surface area contributed by atoms with Gasteiger partial charge in [0, 0.05) is 11.9 Å². The highest BCUT2D eigenvalue weighted by Crippen LogP contribution is 1.94. The van der Waals surface area contributed by atoms with Gasteiger partial charge in [0.1, 0.15) is 0 Å². The molecule has 0 aliphatic heterocycles. The highest BCUT2D eigenvalue weighted by atomic mass is 14.8. The molecule has 92 valence electrons. The fraction of sp³-hybridized carbons (Fsp3) is 0.643. The van der Waals surface area contributed by atoms with Crippen molar-refractivity contribution in [2.24, 2.45) is 0 Å². The fourth-order valence-corrected chi connectivity index (χ4v) is 1.15. The Hall–Kier alpha value is -0.890. The minimum Gasteiger partial charge on any atom is -0.317 e. The molecule has 0 unspecified atom stereocenters. The highest BCUT2D eigenvalue weighted by molar-refractivity contribution is 5.10. The Kier molecular flexibility index (Phi) is 10.0. The first-order chi connectivity index (χ1) is 7.70. The zero-order valence-electron chi connectivity index (χ0n) is 11.2. The van der Waals surface area contributed by atoms with Crippen molar-refractivity contribution in [2.75, 3.05) is 13.1 Å². The Balaban J connectivity index is 0.000000281. The summed E-state index contributed by atoms with van der Waals surface area (Å²) in [5.74, 6) is 0. The fourth-order valence-electron chi connectivity index (χ4n) is 1.15. The Morgan fingerprint density at radius 2 is 1.81 bits per heavy atom. The van der Waals surface area contributed by atoms with E-state index in [2.05, 4.69) is 30.2 Å². The molecule has 1 rings (SSSR count). The molecule has 1 N–H and O–H groups in total. The van der Waals surface area contributed by atoms with Crippen LogP contribution < -0.4 is 5.32 Å². The number of rotatable bonds is 5. The minimum absolute atomic E-state index is 1.08. The van der Waals surface area contributed by atoms with Crippen LogP contribution in [-0.4, -0.2) is 18.1 Å². The molecule has 0 aliphatic rings. The number of pyridine rings is 1. The average Bonchev–Trinajstić information content (AvgIpc) is 2.30. The summed E-state index contributed by atoms with van der Waals surface area (Å²) >= 11 is 0. The lowest BCUT2D eigenvalue weighted by Gasteiger charge is -1.98. The zero-order valence-corrected chi connectivity index (χ0v) is 11.2. The molecule has 2 nitrogen and oxygen atoms in total. The molecule has 0 radical (unpaired) electrons. The summed E-state index contributed by atoms with van der Waals surface area (Å²) in [6, 6.07) is 4.07. The van der Waals surface area contributed by atoms with Gasteiger partial charge in [0.25, 0.3) is 0 Å². The molecule has 0 amide bonds. The molecule has 1 heterocycles. The van der Waals surface area contributed by atoms with E-state index in [1.807, 2.05) is 26.1 Å². The van der Waals surface area contributed by atoms with Crippen molar-refractivity contribution >= 4 is 0 Å². The number of hydrogen-bond acceptors (Lipinski definition) is 2. The molecule has 1 aromatic heterocycles. The van der Waals surface area contributed by atoms with Gasteiger partial charge in [-0.25, -0.2) is 0 Å². The van der Waals surface area contributed by atoms with Crippen molar-refractivity contribution in [3.8, 4) is 0 Å². The normalized spacial score (nSPS) is 9.50. The van der Waals surface area contributed by atoms with Crippen LogP contribution in [0.3, 0.4) is 0 Å². The number of unbranched alkanes of at least 4 members (excludes halogenated alkanes) is 1. The van der Waals surface area contributed by atoms with Gasteiger partial charge in [0.15, 0.2) is 0 Å². The summed E-state index contributed by atoms with van der Waals surface area (Å²) < 4.78 is 0. The monoisotopic (exact) mass is 222 g/mol. The molecule has 0 bridgehead atoms. The molecule has 2 heteroatoms. The second kappa shape index (κ2) is 10.6. The van der Waals surface area contributed by atoms with E-state index in [9.17, 15) is 0 Å². The van der Waals surface area contributed by atoms with Crippen LogP contribution in [0.4, 0.5) is 0 Å². The summed E-state index contributed by atoms with van der Waals surface area (Å²) in [6.07, 6.45) is 5.75. The van der Waals surface area contributed by atoms with Crippen LogP contribution in [0.5, 0.6) is 0 Å². The van der Waals surface area contributed by atoms with Crippen LogP contribution in [0.15, 0.2) is 18.3 Å². The summed E-state index contributed by atoms with van der Waals surface area (Å²) in [5, 5.41) is 3.34. The van der Waals surface area contributed by atoms with Crippen LogP contribution in [0.2, 0.25) is 0 Å². The van der Waals surface area contributed by atoms with Crippen LogP contribution in [0.1, 0.15) is 44.4 Å². The summed E-state index contributed by atoms with van der Waals surface area (Å²) in [7, 11) is 0. The third kappa shape index (κ3) is 9.66. The van der Waals surface area contributed by atoms with E-state index >= 15 is 0 Å². The number of nitrogens with zero attached hydrogens (tertiary/aromatic N) is 1. The van der Waals surface area contributed by atoms with Gasteiger partial charge in [-0.2, -0.15) is 0 Å². The number of aryl methyl sites for hydroxylation is 2. The Bertz CT molecular complexity index is 214. The van der Waals surface area contributed by atoms with Crippen molar-refractivity contribution in [3.63, 3.8) is 0 Å². The quantitative estimate of drug-likeness (QED) is 0.771. The molecule has 0 spiro atoms. The minimum atomic E-state index is 1.08. The molecular weight excluding hydrogens is 196 g/mol. The van der Waals surface area contributed by atoms with Gasteiger partial charge < -0.3 is 5.32 Å². The van der Waals surface area contributed by atoms with Gasteiger partial charge in [0.2, 0.25) is 0 Å². The van der Waals surface area contributed by atoms with Gasteiger partial charge in [0.05, 0.1) is 0 Å². The van der Waals surface area contributed by atoms with E-state index in [-0.39, 0.29) is 0 Å². The van der Waals surface area contributed by atoms with Gasteiger partial charge in [-0.3, -0.25) is 4.98 Å². The van der Waals surface area contributed by atoms with Crippen molar-refractivity contribution in [3.05, 3.63) is 29.6 Å². The number of nitrogens with one attached hydrogen (secondary N) is 1. The SMILES string of the molecule is CCCCNCCC.Cc1ccc(C)nc1. The zero-order chi connectivity index (χ0) is 12.2. The summed E-state index contributed by atoms with van der Waals surface area (Å²) in [5.41, 5.74) is 2.30. The third-order valence-corrected chi connectivity index (χ3v) is 2.19. The second-order valence-electron chi connectivity index (χ2n) is 4.08. The van der Waals surface area contributed by atoms with E-state index in [1.165, 1.54) is 37.9 Å².